The van der Waals surface area contributed by atoms with Gasteiger partial charge in [-0.25, -0.2) is 13.2 Å². The summed E-state index contributed by atoms with van der Waals surface area (Å²) in [7, 11) is -3.18. The van der Waals surface area contributed by atoms with Crippen LogP contribution in [0.15, 0.2) is 10.6 Å². The van der Waals surface area contributed by atoms with Crippen LogP contribution in [0.2, 0.25) is 0 Å². The molecule has 1 saturated heterocycles. The second kappa shape index (κ2) is 5.80. The van der Waals surface area contributed by atoms with E-state index >= 15 is 0 Å². The molecule has 1 aromatic rings. The van der Waals surface area contributed by atoms with Gasteiger partial charge in [0.15, 0.2) is 5.82 Å². The van der Waals surface area contributed by atoms with Crippen LogP contribution in [0.4, 0.5) is 10.6 Å². The summed E-state index contributed by atoms with van der Waals surface area (Å²) in [5.74, 6) is 1.05. The molecule has 2 heterocycles. The molecule has 1 N–H and O–H groups in total. The van der Waals surface area contributed by atoms with Crippen molar-refractivity contribution in [1.29, 1.82) is 0 Å². The van der Waals surface area contributed by atoms with Gasteiger partial charge in [-0.3, -0.25) is 5.32 Å². The average Bonchev–Trinajstić information content (AvgIpc) is 2.84. The van der Waals surface area contributed by atoms with Crippen molar-refractivity contribution in [2.75, 3.05) is 37.2 Å². The zero-order valence-corrected chi connectivity index (χ0v) is 12.3. The Hall–Kier alpha value is -1.61. The number of urea groups is 1. The normalized spacial score (nSPS) is 17.2. The fraction of sp³-hybridized carbons (Fsp3) is 0.636. The number of rotatable bonds is 3. The highest BCUT2D eigenvalue weighted by Crippen LogP contribution is 2.11. The lowest BCUT2D eigenvalue weighted by atomic mass is 10.4. The van der Waals surface area contributed by atoms with E-state index in [0.29, 0.717) is 37.8 Å². The maximum Gasteiger partial charge on any atom is 0.323 e. The number of aryl methyl sites for hydroxylation is 1. The van der Waals surface area contributed by atoms with Gasteiger partial charge in [0, 0.05) is 32.2 Å². The highest BCUT2D eigenvalue weighted by molar-refractivity contribution is 7.89. The number of aromatic nitrogens is 1. The first-order valence-corrected chi connectivity index (χ1v) is 8.00. The van der Waals surface area contributed by atoms with Gasteiger partial charge in [0.2, 0.25) is 10.0 Å². The number of nitrogens with zero attached hydrogens (tertiary/aromatic N) is 3. The predicted molar refractivity (Wildman–Crippen MR) is 72.9 cm³/mol. The van der Waals surface area contributed by atoms with Crippen molar-refractivity contribution in [3.63, 3.8) is 0 Å². The van der Waals surface area contributed by atoms with Crippen molar-refractivity contribution in [3.05, 3.63) is 11.8 Å². The third-order valence-corrected chi connectivity index (χ3v) is 5.03. The molecular weight excluding hydrogens is 284 g/mol. The molecule has 1 aliphatic heterocycles. The highest BCUT2D eigenvalue weighted by atomic mass is 32.2. The van der Waals surface area contributed by atoms with E-state index in [0.717, 1.165) is 0 Å². The van der Waals surface area contributed by atoms with Gasteiger partial charge in [-0.2, -0.15) is 4.31 Å². The van der Waals surface area contributed by atoms with Crippen LogP contribution in [-0.2, 0) is 10.0 Å². The molecule has 0 aromatic carbocycles. The number of hydrogen-bond donors (Lipinski definition) is 1. The molecule has 0 spiro atoms. The van der Waals surface area contributed by atoms with Crippen molar-refractivity contribution < 1.29 is 17.7 Å². The van der Waals surface area contributed by atoms with Crippen LogP contribution in [0.25, 0.3) is 0 Å². The SMILES string of the molecule is CCS(=O)(=O)N1CCN(C(=O)Nc2cc(C)on2)CC1. The van der Waals surface area contributed by atoms with Crippen LogP contribution >= 0.6 is 0 Å². The van der Waals surface area contributed by atoms with Crippen LogP contribution < -0.4 is 5.32 Å². The fourth-order valence-corrected chi connectivity index (χ4v) is 3.05. The van der Waals surface area contributed by atoms with Gasteiger partial charge in [-0.1, -0.05) is 5.16 Å². The summed E-state index contributed by atoms with van der Waals surface area (Å²) in [4.78, 5) is 13.5. The van der Waals surface area contributed by atoms with Crippen molar-refractivity contribution >= 4 is 21.9 Å². The lowest BCUT2D eigenvalue weighted by Gasteiger charge is -2.33. The Bertz CT molecular complexity index is 575. The Balaban J connectivity index is 1.89. The van der Waals surface area contributed by atoms with Crippen LogP contribution in [0, 0.1) is 6.92 Å². The standard InChI is InChI=1S/C11H18N4O4S/c1-3-20(17,18)15-6-4-14(5-7-15)11(16)12-10-8-9(2)19-13-10/h8H,3-7H2,1-2H3,(H,12,13,16). The molecule has 0 radical (unpaired) electrons. The molecule has 1 aromatic heterocycles. The maximum absolute atomic E-state index is 12.0. The van der Waals surface area contributed by atoms with E-state index in [1.54, 1.807) is 24.8 Å². The first kappa shape index (κ1) is 14.8. The lowest BCUT2D eigenvalue weighted by molar-refractivity contribution is 0.184. The minimum absolute atomic E-state index is 0.0808. The Kier molecular flexibility index (Phi) is 4.29. The van der Waals surface area contributed by atoms with Crippen LogP contribution in [0.3, 0.4) is 0 Å². The summed E-state index contributed by atoms with van der Waals surface area (Å²) >= 11 is 0. The minimum atomic E-state index is -3.18. The number of carbonyl (C=O) groups is 1. The molecule has 1 fully saturated rings. The monoisotopic (exact) mass is 302 g/mol. The molecule has 0 atom stereocenters. The molecule has 1 aliphatic rings. The molecule has 9 heteroatoms. The Morgan fingerprint density at radius 2 is 2.05 bits per heavy atom. The van der Waals surface area contributed by atoms with Gasteiger partial charge in [0.25, 0.3) is 0 Å². The van der Waals surface area contributed by atoms with Gasteiger partial charge in [-0.05, 0) is 13.8 Å². The maximum atomic E-state index is 12.0. The Morgan fingerprint density at radius 3 is 2.55 bits per heavy atom. The largest absolute Gasteiger partial charge is 0.360 e. The van der Waals surface area contributed by atoms with E-state index in [2.05, 4.69) is 10.5 Å². The van der Waals surface area contributed by atoms with E-state index in [9.17, 15) is 13.2 Å². The van der Waals surface area contributed by atoms with Gasteiger partial charge >= 0.3 is 6.03 Å². The molecule has 112 valence electrons. The van der Waals surface area contributed by atoms with E-state index in [4.69, 9.17) is 4.52 Å². The number of piperazine rings is 1. The van der Waals surface area contributed by atoms with Gasteiger partial charge in [0.1, 0.15) is 5.76 Å². The molecule has 8 nitrogen and oxygen atoms in total. The third kappa shape index (κ3) is 3.28. The van der Waals surface area contributed by atoms with E-state index in [-0.39, 0.29) is 11.8 Å². The zero-order valence-electron chi connectivity index (χ0n) is 11.5. The zero-order chi connectivity index (χ0) is 14.8. The summed E-state index contributed by atoms with van der Waals surface area (Å²) in [6.07, 6.45) is 0. The van der Waals surface area contributed by atoms with Crippen LogP contribution in [-0.4, -0.2) is 60.7 Å². The average molecular weight is 302 g/mol. The topological polar surface area (TPSA) is 95.8 Å². The van der Waals surface area contributed by atoms with Crippen molar-refractivity contribution in [2.45, 2.75) is 13.8 Å². The van der Waals surface area contributed by atoms with Crippen LogP contribution in [0.1, 0.15) is 12.7 Å². The molecule has 2 rings (SSSR count). The molecule has 0 aliphatic carbocycles. The Labute approximate surface area is 117 Å². The number of amides is 2. The van der Waals surface area contributed by atoms with Crippen LogP contribution in [0.5, 0.6) is 0 Å². The number of anilines is 1. The molecule has 0 unspecified atom stereocenters. The number of carbonyl (C=O) groups excluding carboxylic acids is 1. The highest BCUT2D eigenvalue weighted by Gasteiger charge is 2.27. The van der Waals surface area contributed by atoms with E-state index in [1.165, 1.54) is 4.31 Å². The smallest absolute Gasteiger partial charge is 0.323 e. The molecule has 2 amide bonds. The second-order valence-corrected chi connectivity index (χ2v) is 6.80. The van der Waals surface area contributed by atoms with Gasteiger partial charge in [-0.15, -0.1) is 0 Å². The number of hydrogen-bond acceptors (Lipinski definition) is 5. The van der Waals surface area contributed by atoms with Crippen molar-refractivity contribution in [2.24, 2.45) is 0 Å². The van der Waals surface area contributed by atoms with Crippen molar-refractivity contribution in [3.8, 4) is 0 Å². The summed E-state index contributed by atoms with van der Waals surface area (Å²) in [6, 6.07) is 1.32. The third-order valence-electron chi connectivity index (χ3n) is 3.15. The number of nitrogens with one attached hydrogen (secondary N) is 1. The molecule has 0 bridgehead atoms. The summed E-state index contributed by atoms with van der Waals surface area (Å²) < 4.78 is 29.7. The summed E-state index contributed by atoms with van der Waals surface area (Å²) in [5.41, 5.74) is 0. The van der Waals surface area contributed by atoms with E-state index in [1.807, 2.05) is 0 Å². The van der Waals surface area contributed by atoms with Gasteiger partial charge < -0.3 is 9.42 Å². The van der Waals surface area contributed by atoms with Crippen molar-refractivity contribution in [1.82, 2.24) is 14.4 Å². The predicted octanol–water partition coefficient (Wildman–Crippen LogP) is 0.482. The van der Waals surface area contributed by atoms with E-state index < -0.39 is 10.0 Å². The second-order valence-electron chi connectivity index (χ2n) is 4.54. The summed E-state index contributed by atoms with van der Waals surface area (Å²) in [5, 5.41) is 6.29. The molecule has 20 heavy (non-hydrogen) atoms. The quantitative estimate of drug-likeness (QED) is 0.876. The summed E-state index contributed by atoms with van der Waals surface area (Å²) in [6.45, 7) is 4.71. The Morgan fingerprint density at radius 1 is 1.40 bits per heavy atom. The minimum Gasteiger partial charge on any atom is -0.360 e. The van der Waals surface area contributed by atoms with Gasteiger partial charge in [0.05, 0.1) is 5.75 Å². The fourth-order valence-electron chi connectivity index (χ4n) is 1.97. The number of sulfonamides is 1. The lowest BCUT2D eigenvalue weighted by Crippen LogP contribution is -2.51. The first-order chi connectivity index (χ1) is 9.42. The molecule has 0 saturated carbocycles. The molecular formula is C11H18N4O4S. The first-order valence-electron chi connectivity index (χ1n) is 6.39.